The van der Waals surface area contributed by atoms with Gasteiger partial charge in [0.1, 0.15) is 0 Å². The molecule has 0 bridgehead atoms. The van der Waals surface area contributed by atoms with Gasteiger partial charge in [0.05, 0.1) is 0 Å². The van der Waals surface area contributed by atoms with E-state index in [0.717, 1.165) is 42.7 Å². The van der Waals surface area contributed by atoms with E-state index in [1.54, 1.807) is 0 Å². The highest BCUT2D eigenvalue weighted by Crippen LogP contribution is 2.53. The second kappa shape index (κ2) is 30.3. The second-order valence-corrected chi connectivity index (χ2v) is 25.2. The maximum atomic E-state index is 3.74. The Bertz CT molecular complexity index is 4220. The van der Waals surface area contributed by atoms with E-state index in [4.69, 9.17) is 0 Å². The minimum atomic E-state index is -0.404. The predicted octanol–water partition coefficient (Wildman–Crippen LogP) is 25.6. The average molecular weight is 1200 g/mol. The highest BCUT2D eigenvalue weighted by Gasteiger charge is 2.42. The summed E-state index contributed by atoms with van der Waals surface area (Å²) in [6.07, 6.45) is 31.6. The zero-order valence-corrected chi connectivity index (χ0v) is 55.7. The molecule has 4 aliphatic rings. The molecule has 0 N–H and O–H groups in total. The number of hydrogen-bond donors (Lipinski definition) is 0. The van der Waals surface area contributed by atoms with Gasteiger partial charge in [-0.25, -0.2) is 0 Å². The van der Waals surface area contributed by atoms with E-state index in [2.05, 4.69) is 321 Å². The molecule has 9 aromatic carbocycles. The van der Waals surface area contributed by atoms with Crippen LogP contribution in [-0.4, -0.2) is 0 Å². The van der Waals surface area contributed by atoms with Crippen LogP contribution >= 0.6 is 0 Å². The standard InChI is InChI=1S/C76H67N.C7H12.C6H6.C2H6/c1-7-9-20-63(16-8-2)76(64-36-26-53(4)27-37-64)51-62(48-61-19-12-15-23-72(61)76)54-30-38-65(39-31-54)77(66-40-32-55(33-41-66)70-49-59-17-10-13-21-68(59)73(70)57-28-24-52(3)25-29-57)67-42-34-56(35-43-67)71-50-60-18-11-14-22-69(60)74(71)58-44-46-75(5,6)47-45-58;1-4-5-6-7(2)3;1-2-4-6-5-3-1;1-2/h7-46,48-50,73-74H,47,51H2,1-6H3;4H,1-2,5-6H2,3H3;1-6H;1-2H3/b9-7+,16-8-,63-20+;;;. The van der Waals surface area contributed by atoms with Crippen molar-refractivity contribution in [3.05, 3.63) is 387 Å². The Morgan fingerprint density at radius 3 is 1.52 bits per heavy atom. The van der Waals surface area contributed by atoms with Crippen molar-refractivity contribution in [2.45, 2.75) is 105 Å². The number of aryl methyl sites for hydroxylation is 2. The van der Waals surface area contributed by atoms with E-state index in [1.807, 2.05) is 63.2 Å². The van der Waals surface area contributed by atoms with Gasteiger partial charge in [0.15, 0.2) is 0 Å². The summed E-state index contributed by atoms with van der Waals surface area (Å²) in [5.74, 6) is 0.359. The summed E-state index contributed by atoms with van der Waals surface area (Å²) >= 11 is 0. The van der Waals surface area contributed by atoms with Crippen LogP contribution in [0.25, 0.3) is 34.9 Å². The van der Waals surface area contributed by atoms with E-state index in [0.29, 0.717) is 0 Å². The number of rotatable bonds is 15. The monoisotopic (exact) mass is 1200 g/mol. The number of benzene rings is 9. The van der Waals surface area contributed by atoms with Crippen molar-refractivity contribution in [1.29, 1.82) is 0 Å². The first-order valence-electron chi connectivity index (χ1n) is 33.1. The molecule has 0 fully saturated rings. The molecule has 4 aliphatic carbocycles. The lowest BCUT2D eigenvalue weighted by Gasteiger charge is -2.41. The fraction of sp³-hybridized carbons (Fsp3) is 0.187. The van der Waals surface area contributed by atoms with Crippen LogP contribution in [0.2, 0.25) is 0 Å². The van der Waals surface area contributed by atoms with Gasteiger partial charge in [0.2, 0.25) is 0 Å². The van der Waals surface area contributed by atoms with Crippen molar-refractivity contribution in [2.24, 2.45) is 5.41 Å². The Balaban J connectivity index is 0.000000553. The van der Waals surface area contributed by atoms with E-state index < -0.39 is 5.41 Å². The third-order valence-electron chi connectivity index (χ3n) is 18.1. The number of nitrogens with zero attached hydrogens (tertiary/aromatic N) is 1. The van der Waals surface area contributed by atoms with Gasteiger partial charge in [0, 0.05) is 34.3 Å². The fourth-order valence-corrected chi connectivity index (χ4v) is 13.3. The Morgan fingerprint density at radius 1 is 0.543 bits per heavy atom. The van der Waals surface area contributed by atoms with Crippen LogP contribution in [0.5, 0.6) is 0 Å². The van der Waals surface area contributed by atoms with E-state index in [-0.39, 0.29) is 17.3 Å². The lowest BCUT2D eigenvalue weighted by Crippen LogP contribution is -2.33. The van der Waals surface area contributed by atoms with Crippen molar-refractivity contribution in [1.82, 2.24) is 0 Å². The van der Waals surface area contributed by atoms with Gasteiger partial charge in [-0.3, -0.25) is 0 Å². The zero-order chi connectivity index (χ0) is 64.6. The highest BCUT2D eigenvalue weighted by atomic mass is 15.1. The lowest BCUT2D eigenvalue weighted by atomic mass is 9.61. The molecule has 0 saturated carbocycles. The maximum Gasteiger partial charge on any atom is 0.0497 e. The minimum absolute atomic E-state index is 0.165. The molecule has 13 rings (SSSR count). The molecule has 0 radical (unpaired) electrons. The van der Waals surface area contributed by atoms with Gasteiger partial charge in [-0.2, -0.15) is 0 Å². The van der Waals surface area contributed by atoms with Crippen LogP contribution in [0, 0.1) is 19.3 Å². The maximum absolute atomic E-state index is 3.74. The lowest BCUT2D eigenvalue weighted by molar-refractivity contribution is 0.480. The van der Waals surface area contributed by atoms with Gasteiger partial charge in [-0.1, -0.05) is 299 Å². The van der Waals surface area contributed by atoms with Gasteiger partial charge in [-0.15, -0.1) is 13.2 Å². The van der Waals surface area contributed by atoms with Gasteiger partial charge >= 0.3 is 0 Å². The van der Waals surface area contributed by atoms with Gasteiger partial charge < -0.3 is 4.90 Å². The van der Waals surface area contributed by atoms with Crippen LogP contribution in [0.1, 0.15) is 158 Å². The molecule has 1 nitrogen and oxygen atoms in total. The summed E-state index contributed by atoms with van der Waals surface area (Å²) in [7, 11) is 0. The summed E-state index contributed by atoms with van der Waals surface area (Å²) in [6.45, 7) is 26.6. The Morgan fingerprint density at radius 2 is 1.03 bits per heavy atom. The highest BCUT2D eigenvalue weighted by molar-refractivity contribution is 5.96. The van der Waals surface area contributed by atoms with Gasteiger partial charge in [0.25, 0.3) is 0 Å². The third kappa shape index (κ3) is 14.7. The Labute approximate surface area is 551 Å². The summed E-state index contributed by atoms with van der Waals surface area (Å²) in [4.78, 5) is 2.43. The summed E-state index contributed by atoms with van der Waals surface area (Å²) in [5.41, 5.74) is 27.8. The van der Waals surface area contributed by atoms with Crippen LogP contribution in [0.4, 0.5) is 17.1 Å². The van der Waals surface area contributed by atoms with E-state index in [9.17, 15) is 0 Å². The van der Waals surface area contributed by atoms with Crippen LogP contribution in [-0.2, 0) is 5.41 Å². The smallest absolute Gasteiger partial charge is 0.0497 e. The van der Waals surface area contributed by atoms with Crippen molar-refractivity contribution in [3.63, 3.8) is 0 Å². The van der Waals surface area contributed by atoms with Crippen molar-refractivity contribution >= 4 is 52.0 Å². The quantitative estimate of drug-likeness (QED) is 0.0730. The molecular formula is C91H91N. The average Bonchev–Trinajstić information content (AvgIpc) is 0.988. The molecule has 0 spiro atoms. The molecule has 0 aromatic heterocycles. The van der Waals surface area contributed by atoms with E-state index >= 15 is 0 Å². The van der Waals surface area contributed by atoms with Crippen LogP contribution < -0.4 is 4.90 Å². The topological polar surface area (TPSA) is 3.24 Å². The summed E-state index contributed by atoms with van der Waals surface area (Å²) < 4.78 is 0. The van der Waals surface area contributed by atoms with E-state index in [1.165, 1.54) is 106 Å². The van der Waals surface area contributed by atoms with Crippen molar-refractivity contribution in [3.8, 4) is 0 Å². The summed E-state index contributed by atoms with van der Waals surface area (Å²) in [6, 6.07) is 85.1. The number of hydrogen-bond acceptors (Lipinski definition) is 1. The molecule has 92 heavy (non-hydrogen) atoms. The molecule has 1 heteroatoms. The number of fused-ring (bicyclic) bond motifs is 3. The third-order valence-corrected chi connectivity index (χ3v) is 18.1. The Hall–Kier alpha value is -9.82. The van der Waals surface area contributed by atoms with Crippen molar-refractivity contribution in [2.75, 3.05) is 4.90 Å². The van der Waals surface area contributed by atoms with Crippen LogP contribution in [0.3, 0.4) is 0 Å². The SMILES string of the molecule is C=CCCC(=C)C.CC.C\C=C/C(=C\C=C\C)C1(c2ccc(C)cc2)CC(c2ccc(N(c3ccc(C4=Cc5ccccc5C4C4=CCC(C)(C)C=C4)cc3)c3ccc(C4=Cc5ccccc5C4c4ccc(C)cc4)cc3)cc2)=Cc2ccccc21.c1ccccc1. The molecule has 3 atom stereocenters. The molecule has 460 valence electrons. The Kier molecular flexibility index (Phi) is 21.5. The van der Waals surface area contributed by atoms with Gasteiger partial charge in [-0.05, 0) is 203 Å². The first-order chi connectivity index (χ1) is 44.9. The molecule has 0 saturated heterocycles. The fourth-order valence-electron chi connectivity index (χ4n) is 13.3. The largest absolute Gasteiger partial charge is 0.311 e. The molecule has 3 unspecified atom stereocenters. The number of anilines is 3. The predicted molar refractivity (Wildman–Crippen MR) is 402 cm³/mol. The first kappa shape index (κ1) is 65.1. The van der Waals surface area contributed by atoms with Crippen LogP contribution in [0.15, 0.2) is 315 Å². The first-order valence-corrected chi connectivity index (χ1v) is 33.1. The normalized spacial score (nSPS) is 17.4. The molecule has 0 heterocycles. The van der Waals surface area contributed by atoms with Crippen molar-refractivity contribution < 1.29 is 0 Å². The molecular weight excluding hydrogens is 1110 g/mol. The second-order valence-electron chi connectivity index (χ2n) is 25.2. The number of allylic oxidation sites excluding steroid dienone is 15. The zero-order valence-electron chi connectivity index (χ0n) is 55.7. The molecule has 9 aromatic rings. The molecule has 0 aliphatic heterocycles. The minimum Gasteiger partial charge on any atom is -0.311 e. The molecule has 0 amide bonds. The summed E-state index contributed by atoms with van der Waals surface area (Å²) in [5, 5.41) is 0.